The Labute approximate surface area is 196 Å². The van der Waals surface area contributed by atoms with Crippen molar-refractivity contribution in [1.82, 2.24) is 19.7 Å². The first-order valence-electron chi connectivity index (χ1n) is 11.4. The zero-order valence-electron chi connectivity index (χ0n) is 20.4. The Balaban J connectivity index is 1.32. The second kappa shape index (κ2) is 8.70. The summed E-state index contributed by atoms with van der Waals surface area (Å²) in [5.74, 6) is 1.28. The number of urea groups is 1. The number of carbonyl (C=O) groups is 1. The zero-order chi connectivity index (χ0) is 23.8. The highest BCUT2D eigenvalue weighted by atomic mass is 28.4. The van der Waals surface area contributed by atoms with Gasteiger partial charge in [-0.3, -0.25) is 10.00 Å². The molecule has 0 atom stereocenters. The molecule has 4 rings (SSSR count). The summed E-state index contributed by atoms with van der Waals surface area (Å²) in [6.45, 7) is 13.9. The first-order chi connectivity index (χ1) is 15.5. The van der Waals surface area contributed by atoms with Crippen molar-refractivity contribution < 1.29 is 9.22 Å². The van der Waals surface area contributed by atoms with Crippen molar-refractivity contribution in [2.24, 2.45) is 7.05 Å². The molecule has 1 saturated heterocycles. The SMILES string of the molecule is Cn1ncc2ccc(N3CCN(C(=O)Nc4ccc(O[Si](C)(C)C(C)(C)C)cn4)CC3)cc21. The van der Waals surface area contributed by atoms with E-state index in [0.717, 1.165) is 35.4 Å². The molecule has 1 fully saturated rings. The van der Waals surface area contributed by atoms with Crippen molar-refractivity contribution in [2.45, 2.75) is 38.9 Å². The van der Waals surface area contributed by atoms with Crippen LogP contribution in [0.3, 0.4) is 0 Å². The zero-order valence-corrected chi connectivity index (χ0v) is 21.4. The van der Waals surface area contributed by atoms with E-state index in [1.165, 1.54) is 0 Å². The van der Waals surface area contributed by atoms with E-state index in [1.54, 1.807) is 12.3 Å². The predicted octanol–water partition coefficient (Wildman–Crippen LogP) is 4.71. The van der Waals surface area contributed by atoms with Gasteiger partial charge in [0.1, 0.15) is 11.6 Å². The minimum Gasteiger partial charge on any atom is -0.542 e. The second-order valence-electron chi connectivity index (χ2n) is 10.2. The van der Waals surface area contributed by atoms with Gasteiger partial charge in [-0.1, -0.05) is 20.8 Å². The van der Waals surface area contributed by atoms with Gasteiger partial charge in [-0.2, -0.15) is 5.10 Å². The van der Waals surface area contributed by atoms with E-state index in [1.807, 2.05) is 28.9 Å². The summed E-state index contributed by atoms with van der Waals surface area (Å²) in [6, 6.07) is 9.95. The highest BCUT2D eigenvalue weighted by molar-refractivity contribution is 6.74. The molecule has 0 spiro atoms. The number of piperazine rings is 1. The number of carbonyl (C=O) groups excluding carboxylic acids is 1. The number of anilines is 2. The second-order valence-corrected chi connectivity index (χ2v) is 14.9. The molecule has 1 N–H and O–H groups in total. The molecule has 1 aliphatic rings. The van der Waals surface area contributed by atoms with Crippen LogP contribution in [0.1, 0.15) is 20.8 Å². The molecule has 2 aromatic heterocycles. The third-order valence-electron chi connectivity index (χ3n) is 6.82. The fourth-order valence-corrected chi connectivity index (χ4v) is 4.66. The first-order valence-corrected chi connectivity index (χ1v) is 14.3. The molecule has 9 heteroatoms. The molecule has 0 unspecified atom stereocenters. The molecule has 3 heterocycles. The maximum Gasteiger partial charge on any atom is 0.323 e. The molecule has 1 aromatic carbocycles. The lowest BCUT2D eigenvalue weighted by molar-refractivity contribution is 0.208. The Kier molecular flexibility index (Phi) is 6.09. The number of fused-ring (bicyclic) bond motifs is 1. The smallest absolute Gasteiger partial charge is 0.323 e. The molecule has 3 aromatic rings. The molecule has 0 saturated carbocycles. The van der Waals surface area contributed by atoms with E-state index in [4.69, 9.17) is 4.43 Å². The quantitative estimate of drug-likeness (QED) is 0.564. The van der Waals surface area contributed by atoms with E-state index in [0.29, 0.717) is 18.9 Å². The lowest BCUT2D eigenvalue weighted by Gasteiger charge is -2.36. The molecule has 8 nitrogen and oxygen atoms in total. The summed E-state index contributed by atoms with van der Waals surface area (Å²) in [6.07, 6.45) is 3.57. The Morgan fingerprint density at radius 2 is 1.79 bits per heavy atom. The van der Waals surface area contributed by atoms with Crippen molar-refractivity contribution in [3.8, 4) is 5.75 Å². The number of nitrogens with zero attached hydrogens (tertiary/aromatic N) is 5. The number of aryl methyl sites for hydroxylation is 1. The molecule has 0 radical (unpaired) electrons. The fraction of sp³-hybridized carbons (Fsp3) is 0.458. The van der Waals surface area contributed by atoms with Crippen molar-refractivity contribution in [3.63, 3.8) is 0 Å². The van der Waals surface area contributed by atoms with Gasteiger partial charge in [0.15, 0.2) is 0 Å². The third kappa shape index (κ3) is 4.98. The number of aromatic nitrogens is 3. The molecule has 0 aliphatic carbocycles. The molecular formula is C24H34N6O2Si. The highest BCUT2D eigenvalue weighted by Gasteiger charge is 2.39. The molecule has 33 heavy (non-hydrogen) atoms. The van der Waals surface area contributed by atoms with Crippen molar-refractivity contribution in [2.75, 3.05) is 36.4 Å². The topological polar surface area (TPSA) is 75.5 Å². The van der Waals surface area contributed by atoms with E-state index in [2.05, 4.69) is 72.4 Å². The van der Waals surface area contributed by atoms with Crippen LogP contribution >= 0.6 is 0 Å². The van der Waals surface area contributed by atoms with Crippen LogP contribution in [0, 0.1) is 0 Å². The van der Waals surface area contributed by atoms with Gasteiger partial charge in [0, 0.05) is 44.3 Å². The van der Waals surface area contributed by atoms with Gasteiger partial charge in [-0.05, 0) is 48.5 Å². The number of benzene rings is 1. The number of rotatable bonds is 4. The standard InChI is InChI=1S/C24H34N6O2Si/c1-24(2,3)33(5,6)32-20-9-10-22(25-17-20)27-23(31)30-13-11-29(12-14-30)19-8-7-18-16-26-28(4)21(18)15-19/h7-10,15-17H,11-14H2,1-6H3,(H,25,27,31). The van der Waals surface area contributed by atoms with Crippen LogP contribution in [0.15, 0.2) is 42.7 Å². The summed E-state index contributed by atoms with van der Waals surface area (Å²) in [5.41, 5.74) is 2.27. The van der Waals surface area contributed by atoms with Crippen LogP contribution in [0.5, 0.6) is 5.75 Å². The number of pyridine rings is 1. The van der Waals surface area contributed by atoms with E-state index >= 15 is 0 Å². The lowest BCUT2D eigenvalue weighted by atomic mass is 10.2. The van der Waals surface area contributed by atoms with Gasteiger partial charge in [0.05, 0.1) is 17.9 Å². The van der Waals surface area contributed by atoms with Gasteiger partial charge < -0.3 is 14.2 Å². The van der Waals surface area contributed by atoms with E-state index in [9.17, 15) is 4.79 Å². The molecular weight excluding hydrogens is 432 g/mol. The Hall–Kier alpha value is -3.07. The Morgan fingerprint density at radius 1 is 1.06 bits per heavy atom. The van der Waals surface area contributed by atoms with Crippen molar-refractivity contribution in [3.05, 3.63) is 42.7 Å². The monoisotopic (exact) mass is 466 g/mol. The molecule has 176 valence electrons. The molecule has 1 aliphatic heterocycles. The fourth-order valence-electron chi connectivity index (χ4n) is 3.65. The minimum atomic E-state index is -1.92. The van der Waals surface area contributed by atoms with Crippen LogP contribution in [0.2, 0.25) is 18.1 Å². The van der Waals surface area contributed by atoms with Crippen LogP contribution in [0.4, 0.5) is 16.3 Å². The number of nitrogens with one attached hydrogen (secondary N) is 1. The first kappa shape index (κ1) is 23.1. The van der Waals surface area contributed by atoms with Gasteiger partial charge in [-0.15, -0.1) is 0 Å². The van der Waals surface area contributed by atoms with Crippen LogP contribution < -0.4 is 14.6 Å². The van der Waals surface area contributed by atoms with Crippen LogP contribution in [0.25, 0.3) is 10.9 Å². The summed E-state index contributed by atoms with van der Waals surface area (Å²) in [4.78, 5) is 21.3. The van der Waals surface area contributed by atoms with Gasteiger partial charge in [0.25, 0.3) is 8.32 Å². The van der Waals surface area contributed by atoms with Gasteiger partial charge in [-0.25, -0.2) is 9.78 Å². The normalized spacial score (nSPS) is 15.1. The largest absolute Gasteiger partial charge is 0.542 e. The predicted molar refractivity (Wildman–Crippen MR) is 136 cm³/mol. The Bertz CT molecular complexity index is 1130. The number of amides is 2. The summed E-state index contributed by atoms with van der Waals surface area (Å²) in [7, 11) is 0.0368. The number of hydrogen-bond acceptors (Lipinski definition) is 5. The summed E-state index contributed by atoms with van der Waals surface area (Å²) >= 11 is 0. The van der Waals surface area contributed by atoms with E-state index < -0.39 is 8.32 Å². The van der Waals surface area contributed by atoms with Crippen LogP contribution in [-0.4, -0.2) is 60.2 Å². The van der Waals surface area contributed by atoms with Crippen molar-refractivity contribution in [1.29, 1.82) is 0 Å². The van der Waals surface area contributed by atoms with Crippen molar-refractivity contribution >= 4 is 36.8 Å². The maximum atomic E-state index is 12.8. The van der Waals surface area contributed by atoms with Gasteiger partial charge >= 0.3 is 6.03 Å². The average Bonchev–Trinajstić information content (AvgIpc) is 3.14. The molecule has 0 bridgehead atoms. The average molecular weight is 467 g/mol. The van der Waals surface area contributed by atoms with E-state index in [-0.39, 0.29) is 11.1 Å². The molecule has 2 amide bonds. The van der Waals surface area contributed by atoms with Crippen LogP contribution in [-0.2, 0) is 7.05 Å². The van der Waals surface area contributed by atoms with Gasteiger partial charge in [0.2, 0.25) is 0 Å². The maximum absolute atomic E-state index is 12.8. The highest BCUT2D eigenvalue weighted by Crippen LogP contribution is 2.37. The summed E-state index contributed by atoms with van der Waals surface area (Å²) in [5, 5.41) is 8.48. The lowest BCUT2D eigenvalue weighted by Crippen LogP contribution is -2.50. The minimum absolute atomic E-state index is 0.117. The number of hydrogen-bond donors (Lipinski definition) is 1. The summed E-state index contributed by atoms with van der Waals surface area (Å²) < 4.78 is 8.15. The third-order valence-corrected chi connectivity index (χ3v) is 11.2. The Morgan fingerprint density at radius 3 is 2.42 bits per heavy atom.